The van der Waals surface area contributed by atoms with Crippen LogP contribution in [0.25, 0.3) is 11.3 Å². The van der Waals surface area contributed by atoms with E-state index in [1.807, 2.05) is 0 Å². The number of carbonyl (C=O) groups is 1. The number of aryl methyl sites for hydroxylation is 1. The van der Waals surface area contributed by atoms with Crippen LogP contribution in [0.1, 0.15) is 12.5 Å². The van der Waals surface area contributed by atoms with Gasteiger partial charge in [0.2, 0.25) is 0 Å². The van der Waals surface area contributed by atoms with E-state index in [0.29, 0.717) is 11.3 Å². The standard InChI is InChI=1S/C20H21F2N5O3/c1-3-30-17(28)12-27-16(14-9-25-26(2)11-14)10-23-18(19(27)29)24-13-20(21,22)15-7-5-4-6-8-15/h4-11H,3,12-13H2,1-2H3,(H,23,24). The molecule has 30 heavy (non-hydrogen) atoms. The molecule has 8 nitrogen and oxygen atoms in total. The van der Waals surface area contributed by atoms with Crippen molar-refractivity contribution in [3.05, 3.63) is 64.8 Å². The molecule has 2 aromatic heterocycles. The molecule has 0 saturated heterocycles. The number of rotatable bonds is 8. The van der Waals surface area contributed by atoms with E-state index < -0.39 is 24.0 Å². The van der Waals surface area contributed by atoms with Crippen LogP contribution in [0, 0.1) is 0 Å². The van der Waals surface area contributed by atoms with Gasteiger partial charge in [0.25, 0.3) is 11.5 Å². The molecule has 0 fully saturated rings. The SMILES string of the molecule is CCOC(=O)Cn1c(-c2cnn(C)c2)cnc(NCC(F)(F)c2ccccc2)c1=O. The van der Waals surface area contributed by atoms with Gasteiger partial charge in [0.05, 0.1) is 31.2 Å². The van der Waals surface area contributed by atoms with Crippen molar-refractivity contribution in [2.45, 2.75) is 19.4 Å². The second kappa shape index (κ2) is 8.85. The summed E-state index contributed by atoms with van der Waals surface area (Å²) < 4.78 is 36.5. The maximum absolute atomic E-state index is 14.4. The van der Waals surface area contributed by atoms with Crippen molar-refractivity contribution >= 4 is 11.8 Å². The second-order valence-electron chi connectivity index (χ2n) is 6.52. The van der Waals surface area contributed by atoms with Crippen molar-refractivity contribution in [1.82, 2.24) is 19.3 Å². The van der Waals surface area contributed by atoms with E-state index in [1.54, 1.807) is 26.2 Å². The van der Waals surface area contributed by atoms with E-state index in [2.05, 4.69) is 15.4 Å². The van der Waals surface area contributed by atoms with Gasteiger partial charge in [0.1, 0.15) is 6.54 Å². The van der Waals surface area contributed by atoms with Crippen LogP contribution in [0.4, 0.5) is 14.6 Å². The number of aromatic nitrogens is 4. The first-order valence-electron chi connectivity index (χ1n) is 9.23. The predicted octanol–water partition coefficient (Wildman–Crippen LogP) is 2.41. The van der Waals surface area contributed by atoms with Gasteiger partial charge in [-0.2, -0.15) is 13.9 Å². The number of esters is 1. The Morgan fingerprint density at radius 2 is 1.97 bits per heavy atom. The van der Waals surface area contributed by atoms with Crippen LogP contribution in [0.3, 0.4) is 0 Å². The first kappa shape index (κ1) is 21.2. The van der Waals surface area contributed by atoms with Gasteiger partial charge in [-0.15, -0.1) is 0 Å². The largest absolute Gasteiger partial charge is 0.465 e. The van der Waals surface area contributed by atoms with Crippen LogP contribution in [0.15, 0.2) is 53.7 Å². The molecule has 2 heterocycles. The molecule has 0 aliphatic rings. The summed E-state index contributed by atoms with van der Waals surface area (Å²) in [7, 11) is 1.70. The summed E-state index contributed by atoms with van der Waals surface area (Å²) in [6.45, 7) is 0.581. The van der Waals surface area contributed by atoms with E-state index >= 15 is 0 Å². The van der Waals surface area contributed by atoms with E-state index in [9.17, 15) is 18.4 Å². The van der Waals surface area contributed by atoms with Gasteiger partial charge in [-0.25, -0.2) is 4.98 Å². The molecule has 0 unspecified atom stereocenters. The summed E-state index contributed by atoms with van der Waals surface area (Å²) in [4.78, 5) is 28.9. The molecule has 0 radical (unpaired) electrons. The van der Waals surface area contributed by atoms with Crippen molar-refractivity contribution in [2.24, 2.45) is 7.05 Å². The highest BCUT2D eigenvalue weighted by Gasteiger charge is 2.31. The minimum Gasteiger partial charge on any atom is -0.465 e. The Kier molecular flexibility index (Phi) is 6.24. The molecule has 1 N–H and O–H groups in total. The minimum absolute atomic E-state index is 0.148. The smallest absolute Gasteiger partial charge is 0.326 e. The van der Waals surface area contributed by atoms with Gasteiger partial charge in [0, 0.05) is 24.4 Å². The van der Waals surface area contributed by atoms with Crippen LogP contribution in [-0.4, -0.2) is 38.5 Å². The predicted molar refractivity (Wildman–Crippen MR) is 106 cm³/mol. The van der Waals surface area contributed by atoms with Gasteiger partial charge >= 0.3 is 5.97 Å². The zero-order valence-corrected chi connectivity index (χ0v) is 16.5. The van der Waals surface area contributed by atoms with Gasteiger partial charge in [-0.05, 0) is 6.92 Å². The number of benzene rings is 1. The lowest BCUT2D eigenvalue weighted by molar-refractivity contribution is -0.143. The maximum Gasteiger partial charge on any atom is 0.326 e. The van der Waals surface area contributed by atoms with E-state index in [0.717, 1.165) is 4.57 Å². The Morgan fingerprint density at radius 3 is 2.60 bits per heavy atom. The minimum atomic E-state index is -3.22. The first-order valence-corrected chi connectivity index (χ1v) is 9.23. The van der Waals surface area contributed by atoms with Crippen molar-refractivity contribution in [3.8, 4) is 11.3 Å². The van der Waals surface area contributed by atoms with Crippen LogP contribution < -0.4 is 10.9 Å². The van der Waals surface area contributed by atoms with Gasteiger partial charge in [-0.3, -0.25) is 18.8 Å². The molecule has 10 heteroatoms. The average Bonchev–Trinajstić information content (AvgIpc) is 3.15. The van der Waals surface area contributed by atoms with Crippen molar-refractivity contribution < 1.29 is 18.3 Å². The Labute approximate surface area is 171 Å². The quantitative estimate of drug-likeness (QED) is 0.566. The van der Waals surface area contributed by atoms with E-state index in [4.69, 9.17) is 4.74 Å². The number of halogens is 2. The lowest BCUT2D eigenvalue weighted by atomic mass is 10.1. The van der Waals surface area contributed by atoms with Crippen LogP contribution in [0.2, 0.25) is 0 Å². The Bertz CT molecular complexity index is 1080. The fraction of sp³-hybridized carbons (Fsp3) is 0.300. The fourth-order valence-corrected chi connectivity index (χ4v) is 2.86. The number of ether oxygens (including phenoxy) is 1. The lowest BCUT2D eigenvalue weighted by Crippen LogP contribution is -2.32. The highest BCUT2D eigenvalue weighted by atomic mass is 19.3. The van der Waals surface area contributed by atoms with Crippen molar-refractivity contribution in [2.75, 3.05) is 18.5 Å². The van der Waals surface area contributed by atoms with Crippen molar-refractivity contribution in [1.29, 1.82) is 0 Å². The number of hydrogen-bond donors (Lipinski definition) is 1. The third kappa shape index (κ3) is 4.70. The van der Waals surface area contributed by atoms with Crippen LogP contribution in [-0.2, 0) is 29.0 Å². The Balaban J connectivity index is 1.92. The Hall–Kier alpha value is -3.56. The third-order valence-electron chi connectivity index (χ3n) is 4.32. The molecule has 0 aliphatic heterocycles. The number of alkyl halides is 2. The van der Waals surface area contributed by atoms with Crippen LogP contribution in [0.5, 0.6) is 0 Å². The molecule has 0 amide bonds. The molecule has 158 valence electrons. The molecule has 0 spiro atoms. The van der Waals surface area contributed by atoms with Gasteiger partial charge < -0.3 is 10.1 Å². The number of nitrogens with zero attached hydrogens (tertiary/aromatic N) is 4. The number of carbonyl (C=O) groups excluding carboxylic acids is 1. The summed E-state index contributed by atoms with van der Waals surface area (Å²) >= 11 is 0. The summed E-state index contributed by atoms with van der Waals surface area (Å²) in [5.74, 6) is -4.14. The highest BCUT2D eigenvalue weighted by molar-refractivity contribution is 5.71. The monoisotopic (exact) mass is 417 g/mol. The molecule has 3 rings (SSSR count). The van der Waals surface area contributed by atoms with Crippen molar-refractivity contribution in [3.63, 3.8) is 0 Å². The molecule has 0 bridgehead atoms. The number of anilines is 1. The second-order valence-corrected chi connectivity index (χ2v) is 6.52. The average molecular weight is 417 g/mol. The van der Waals surface area contributed by atoms with E-state index in [1.165, 1.54) is 41.3 Å². The third-order valence-corrected chi connectivity index (χ3v) is 4.32. The topological polar surface area (TPSA) is 91.0 Å². The first-order chi connectivity index (χ1) is 14.3. The highest BCUT2D eigenvalue weighted by Crippen LogP contribution is 2.27. The summed E-state index contributed by atoms with van der Waals surface area (Å²) in [6.07, 6.45) is 4.49. The maximum atomic E-state index is 14.4. The molecule has 0 saturated carbocycles. The summed E-state index contributed by atoms with van der Waals surface area (Å²) in [5, 5.41) is 6.46. The molecule has 3 aromatic rings. The zero-order valence-electron chi connectivity index (χ0n) is 16.5. The lowest BCUT2D eigenvalue weighted by Gasteiger charge is -2.18. The summed E-state index contributed by atoms with van der Waals surface area (Å²) in [6, 6.07) is 7.27. The molecule has 0 atom stereocenters. The Morgan fingerprint density at radius 1 is 1.23 bits per heavy atom. The van der Waals surface area contributed by atoms with Gasteiger partial charge in [-0.1, -0.05) is 30.3 Å². The summed E-state index contributed by atoms with van der Waals surface area (Å²) in [5.41, 5.74) is -0.0290. The fourth-order valence-electron chi connectivity index (χ4n) is 2.86. The molecule has 0 aliphatic carbocycles. The molecular weight excluding hydrogens is 396 g/mol. The van der Waals surface area contributed by atoms with Gasteiger partial charge in [0.15, 0.2) is 5.82 Å². The molecular formula is C20H21F2N5O3. The zero-order chi connectivity index (χ0) is 21.7. The van der Waals surface area contributed by atoms with E-state index in [-0.39, 0.29) is 24.5 Å². The number of nitrogens with one attached hydrogen (secondary N) is 1. The molecule has 1 aromatic carbocycles. The normalized spacial score (nSPS) is 11.3. The van der Waals surface area contributed by atoms with Crippen LogP contribution >= 0.6 is 0 Å². The number of hydrogen-bond acceptors (Lipinski definition) is 6.